The van der Waals surface area contributed by atoms with Crippen LogP contribution >= 0.6 is 0 Å². The molecular formula is C3H4BNO. The summed E-state index contributed by atoms with van der Waals surface area (Å²) >= 11 is 0. The smallest absolute Gasteiger partial charge is 0.428 e. The molecule has 1 N–H and O–H groups in total. The third kappa shape index (κ3) is 0.492. The lowest BCUT2D eigenvalue weighted by Crippen LogP contribution is -1.98. The Labute approximate surface area is 36.3 Å². The zero-order valence-electron chi connectivity index (χ0n) is 3.20. The maximum Gasteiger partial charge on any atom is 0.460 e. The molecule has 1 rings (SSSR count). The quantitative estimate of drug-likeness (QED) is 0.397. The Balaban J connectivity index is 2.60. The summed E-state index contributed by atoms with van der Waals surface area (Å²) in [6, 6.07) is 0. The molecule has 0 radical (unpaired) electrons. The van der Waals surface area contributed by atoms with Crippen LogP contribution in [0.5, 0.6) is 0 Å². The van der Waals surface area contributed by atoms with Crippen LogP contribution in [0.15, 0.2) is 17.0 Å². The average molecular weight is 80.9 g/mol. The zero-order chi connectivity index (χ0) is 4.41. The minimum Gasteiger partial charge on any atom is -0.428 e. The molecule has 1 heterocycles. The predicted octanol–water partition coefficient (Wildman–Crippen LogP) is -0.353. The number of allylic oxidation sites excluding steroid dienone is 1. The molecule has 0 fully saturated rings. The van der Waals surface area contributed by atoms with Crippen LogP contribution in [0.4, 0.5) is 0 Å². The van der Waals surface area contributed by atoms with Crippen molar-refractivity contribution in [3.05, 3.63) is 12.1 Å². The van der Waals surface area contributed by atoms with Crippen LogP contribution < -0.4 is 0 Å². The fraction of sp³-hybridized carbons (Fsp3) is 0. The van der Waals surface area contributed by atoms with Crippen LogP contribution in [-0.4, -0.2) is 18.3 Å². The van der Waals surface area contributed by atoms with E-state index in [2.05, 4.69) is 4.90 Å². The van der Waals surface area contributed by atoms with Crippen LogP contribution in [0.2, 0.25) is 0 Å². The van der Waals surface area contributed by atoms with Crippen LogP contribution in [-0.2, 0) is 0 Å². The number of nitrogens with zero attached hydrogens (tertiary/aromatic N) is 1. The number of hydrogen-bond acceptors (Lipinski definition) is 2. The van der Waals surface area contributed by atoms with E-state index in [1.54, 1.807) is 18.3 Å². The van der Waals surface area contributed by atoms with Crippen LogP contribution in [0.25, 0.3) is 0 Å². The monoisotopic (exact) mass is 81.0 g/mol. The van der Waals surface area contributed by atoms with E-state index in [1.165, 1.54) is 0 Å². The normalized spacial score (nSPS) is 17.2. The minimum atomic E-state index is -0.565. The Morgan fingerprint density at radius 1 is 1.67 bits per heavy atom. The van der Waals surface area contributed by atoms with Gasteiger partial charge in [0, 0.05) is 6.21 Å². The van der Waals surface area contributed by atoms with Crippen LogP contribution in [0.3, 0.4) is 0 Å². The van der Waals surface area contributed by atoms with Gasteiger partial charge in [-0.25, -0.2) is 0 Å². The Bertz CT molecular complexity index is 87.0. The van der Waals surface area contributed by atoms with Crippen molar-refractivity contribution in [3.63, 3.8) is 0 Å². The lowest BCUT2D eigenvalue weighted by Gasteiger charge is -1.75. The van der Waals surface area contributed by atoms with Crippen molar-refractivity contribution in [2.45, 2.75) is 0 Å². The van der Waals surface area contributed by atoms with E-state index >= 15 is 0 Å². The van der Waals surface area contributed by atoms with E-state index < -0.39 is 7.05 Å². The Hall–Kier alpha value is -0.565. The SMILES string of the molecule is OB1C=CC=N1. The number of hydrogen-bond donors (Lipinski definition) is 1. The predicted molar refractivity (Wildman–Crippen MR) is 25.6 cm³/mol. The molecule has 0 bridgehead atoms. The van der Waals surface area contributed by atoms with Gasteiger partial charge in [0.2, 0.25) is 0 Å². The molecule has 0 amide bonds. The molecule has 2 nitrogen and oxygen atoms in total. The zero-order valence-corrected chi connectivity index (χ0v) is 3.20. The Morgan fingerprint density at radius 3 is 2.67 bits per heavy atom. The second-order valence-corrected chi connectivity index (χ2v) is 1.10. The molecule has 0 aromatic heterocycles. The van der Waals surface area contributed by atoms with Crippen molar-refractivity contribution in [2.75, 3.05) is 0 Å². The van der Waals surface area contributed by atoms with Gasteiger partial charge >= 0.3 is 7.05 Å². The number of rotatable bonds is 0. The van der Waals surface area contributed by atoms with Crippen molar-refractivity contribution in [3.8, 4) is 0 Å². The van der Waals surface area contributed by atoms with E-state index in [-0.39, 0.29) is 0 Å². The Kier molecular flexibility index (Phi) is 0.762. The summed E-state index contributed by atoms with van der Waals surface area (Å²) in [6.45, 7) is 0. The molecule has 30 valence electrons. The molecule has 0 saturated carbocycles. The van der Waals surface area contributed by atoms with Gasteiger partial charge in [0.1, 0.15) is 0 Å². The topological polar surface area (TPSA) is 32.6 Å². The first-order chi connectivity index (χ1) is 2.89. The summed E-state index contributed by atoms with van der Waals surface area (Å²) in [5.74, 6) is 1.61. The van der Waals surface area contributed by atoms with E-state index in [1.807, 2.05) is 0 Å². The maximum atomic E-state index is 8.44. The lowest BCUT2D eigenvalue weighted by atomic mass is 9.88. The molecule has 0 saturated heterocycles. The highest BCUT2D eigenvalue weighted by Crippen LogP contribution is 1.86. The van der Waals surface area contributed by atoms with Crippen molar-refractivity contribution >= 4 is 13.3 Å². The maximum absolute atomic E-state index is 8.44. The molecule has 0 aliphatic carbocycles. The molecule has 1 aliphatic rings. The van der Waals surface area contributed by atoms with Gasteiger partial charge < -0.3 is 9.93 Å². The summed E-state index contributed by atoms with van der Waals surface area (Å²) in [5.41, 5.74) is 0. The van der Waals surface area contributed by atoms with E-state index in [4.69, 9.17) is 5.02 Å². The average Bonchev–Trinajstić information content (AvgIpc) is 1.86. The molecule has 3 heteroatoms. The lowest BCUT2D eigenvalue weighted by molar-refractivity contribution is 0.588. The van der Waals surface area contributed by atoms with Gasteiger partial charge in [0.05, 0.1) is 0 Å². The second-order valence-electron chi connectivity index (χ2n) is 1.10. The van der Waals surface area contributed by atoms with Crippen LogP contribution in [0, 0.1) is 0 Å². The fourth-order valence-electron chi connectivity index (χ4n) is 0.337. The molecule has 0 atom stereocenters. The first kappa shape index (κ1) is 3.62. The van der Waals surface area contributed by atoms with Crippen molar-refractivity contribution in [1.29, 1.82) is 0 Å². The minimum absolute atomic E-state index is 0.565. The van der Waals surface area contributed by atoms with Gasteiger partial charge in [-0.05, 0) is 0 Å². The molecule has 0 unspecified atom stereocenters. The summed E-state index contributed by atoms with van der Waals surface area (Å²) in [6.07, 6.45) is 3.29. The van der Waals surface area contributed by atoms with Gasteiger partial charge in [0.25, 0.3) is 0 Å². The highest BCUT2D eigenvalue weighted by atomic mass is 16.2. The fourth-order valence-corrected chi connectivity index (χ4v) is 0.337. The molecular weight excluding hydrogens is 76.9 g/mol. The first-order valence-electron chi connectivity index (χ1n) is 1.77. The van der Waals surface area contributed by atoms with Crippen LogP contribution in [0.1, 0.15) is 0 Å². The Morgan fingerprint density at radius 2 is 2.50 bits per heavy atom. The standard InChI is InChI=1S/C3H4BNO/c6-4-2-1-3-5-4/h1-3,6H. The first-order valence-corrected chi connectivity index (χ1v) is 1.77. The van der Waals surface area contributed by atoms with Gasteiger partial charge in [-0.3, -0.25) is 0 Å². The van der Waals surface area contributed by atoms with E-state index in [9.17, 15) is 0 Å². The summed E-state index contributed by atoms with van der Waals surface area (Å²) in [7, 11) is -0.565. The van der Waals surface area contributed by atoms with Crippen molar-refractivity contribution < 1.29 is 5.02 Å². The van der Waals surface area contributed by atoms with Gasteiger partial charge in [-0.1, -0.05) is 12.1 Å². The molecule has 0 aromatic carbocycles. The molecule has 0 aromatic rings. The summed E-state index contributed by atoms with van der Waals surface area (Å²) in [5, 5.41) is 8.44. The highest BCUT2D eigenvalue weighted by molar-refractivity contribution is 6.57. The van der Waals surface area contributed by atoms with Gasteiger partial charge in [0.15, 0.2) is 0 Å². The largest absolute Gasteiger partial charge is 0.460 e. The highest BCUT2D eigenvalue weighted by Gasteiger charge is 2.03. The molecule has 1 aliphatic heterocycles. The third-order valence-electron chi connectivity index (χ3n) is 0.608. The van der Waals surface area contributed by atoms with E-state index in [0.717, 1.165) is 0 Å². The third-order valence-corrected chi connectivity index (χ3v) is 0.608. The van der Waals surface area contributed by atoms with E-state index in [0.29, 0.717) is 0 Å². The van der Waals surface area contributed by atoms with Crippen molar-refractivity contribution in [1.82, 2.24) is 0 Å². The summed E-state index contributed by atoms with van der Waals surface area (Å²) in [4.78, 5) is 3.56. The molecule has 6 heavy (non-hydrogen) atoms. The van der Waals surface area contributed by atoms with Crippen molar-refractivity contribution in [2.24, 2.45) is 4.90 Å². The van der Waals surface area contributed by atoms with Gasteiger partial charge in [-0.2, -0.15) is 0 Å². The van der Waals surface area contributed by atoms with Gasteiger partial charge in [-0.15, -0.1) is 0 Å². The summed E-state index contributed by atoms with van der Waals surface area (Å²) < 4.78 is 0. The second kappa shape index (κ2) is 1.26. The molecule has 0 spiro atoms.